The molecule has 1 N–H and O–H groups in total. The second-order valence-corrected chi connectivity index (χ2v) is 7.19. The number of carbonyl (C=O) groups is 1. The summed E-state index contributed by atoms with van der Waals surface area (Å²) in [5.41, 5.74) is -0.301. The van der Waals surface area contributed by atoms with E-state index in [4.69, 9.17) is 16.3 Å². The fourth-order valence-electron chi connectivity index (χ4n) is 3.56. The molecule has 22 heavy (non-hydrogen) atoms. The minimum atomic E-state index is -0.655. The SMILES string of the molecule is CC1(O)CCOC2(CCN(C(=O)c3cccc(Cl)c3)CC2)C1. The lowest BCUT2D eigenvalue weighted by atomic mass is 9.78. The number of benzene rings is 1. The van der Waals surface area contributed by atoms with Gasteiger partial charge in [-0.1, -0.05) is 17.7 Å². The van der Waals surface area contributed by atoms with Gasteiger partial charge in [0.1, 0.15) is 0 Å². The highest BCUT2D eigenvalue weighted by Gasteiger charge is 2.44. The molecule has 2 heterocycles. The molecule has 0 saturated carbocycles. The number of likely N-dealkylation sites (tertiary alicyclic amines) is 1. The van der Waals surface area contributed by atoms with E-state index < -0.39 is 5.60 Å². The molecule has 1 atom stereocenters. The minimum absolute atomic E-state index is 0.0138. The number of rotatable bonds is 1. The quantitative estimate of drug-likeness (QED) is 0.864. The van der Waals surface area contributed by atoms with Gasteiger partial charge in [0.05, 0.1) is 17.8 Å². The Bertz CT molecular complexity index is 565. The van der Waals surface area contributed by atoms with Gasteiger partial charge in [-0.3, -0.25) is 4.79 Å². The first-order valence-corrected chi connectivity index (χ1v) is 8.18. The van der Waals surface area contributed by atoms with Gasteiger partial charge in [-0.2, -0.15) is 0 Å². The van der Waals surface area contributed by atoms with Crippen molar-refractivity contribution >= 4 is 17.5 Å². The molecular formula is C17H22ClNO3. The summed E-state index contributed by atoms with van der Waals surface area (Å²) in [7, 11) is 0. The van der Waals surface area contributed by atoms with Gasteiger partial charge < -0.3 is 14.7 Å². The summed E-state index contributed by atoms with van der Waals surface area (Å²) in [5, 5.41) is 10.9. The van der Waals surface area contributed by atoms with Crippen molar-refractivity contribution in [1.29, 1.82) is 0 Å². The third-order valence-corrected chi connectivity index (χ3v) is 5.02. The fourth-order valence-corrected chi connectivity index (χ4v) is 3.75. The first kappa shape index (κ1) is 15.8. The Morgan fingerprint density at radius 2 is 2.05 bits per heavy atom. The molecule has 1 spiro atoms. The number of ether oxygens (including phenoxy) is 1. The maximum atomic E-state index is 12.5. The Balaban J connectivity index is 1.65. The van der Waals surface area contributed by atoms with E-state index in [9.17, 15) is 9.90 Å². The van der Waals surface area contributed by atoms with Gasteiger partial charge in [0.15, 0.2) is 0 Å². The molecule has 0 aliphatic carbocycles. The average Bonchev–Trinajstić information content (AvgIpc) is 2.46. The smallest absolute Gasteiger partial charge is 0.253 e. The predicted molar refractivity (Wildman–Crippen MR) is 85.1 cm³/mol. The molecule has 0 radical (unpaired) electrons. The molecule has 1 amide bonds. The number of nitrogens with zero attached hydrogens (tertiary/aromatic N) is 1. The van der Waals surface area contributed by atoms with Gasteiger partial charge in [-0.15, -0.1) is 0 Å². The summed E-state index contributed by atoms with van der Waals surface area (Å²) >= 11 is 5.96. The van der Waals surface area contributed by atoms with E-state index in [-0.39, 0.29) is 11.5 Å². The maximum Gasteiger partial charge on any atom is 0.253 e. The van der Waals surface area contributed by atoms with Crippen LogP contribution in [-0.4, -0.2) is 46.8 Å². The van der Waals surface area contributed by atoms with Crippen LogP contribution in [-0.2, 0) is 4.74 Å². The topological polar surface area (TPSA) is 49.8 Å². The molecule has 1 aromatic rings. The molecule has 120 valence electrons. The normalized spacial score (nSPS) is 27.9. The van der Waals surface area contributed by atoms with Crippen LogP contribution in [0.3, 0.4) is 0 Å². The second-order valence-electron chi connectivity index (χ2n) is 6.76. The zero-order valence-corrected chi connectivity index (χ0v) is 13.6. The number of aliphatic hydroxyl groups is 1. The van der Waals surface area contributed by atoms with E-state index >= 15 is 0 Å². The molecule has 4 nitrogen and oxygen atoms in total. The molecule has 1 aromatic carbocycles. The summed E-state index contributed by atoms with van der Waals surface area (Å²) in [4.78, 5) is 14.4. The first-order chi connectivity index (χ1) is 10.4. The van der Waals surface area contributed by atoms with Gasteiger partial charge in [-0.25, -0.2) is 0 Å². The van der Waals surface area contributed by atoms with Crippen molar-refractivity contribution in [2.24, 2.45) is 0 Å². The maximum absolute atomic E-state index is 12.5. The molecule has 0 aromatic heterocycles. The Morgan fingerprint density at radius 1 is 1.32 bits per heavy atom. The number of carbonyl (C=O) groups excluding carboxylic acids is 1. The van der Waals surface area contributed by atoms with E-state index in [1.165, 1.54) is 0 Å². The average molecular weight is 324 g/mol. The standard InChI is InChI=1S/C17H22ClNO3/c1-16(21)7-10-22-17(12-16)5-8-19(9-6-17)15(20)13-3-2-4-14(18)11-13/h2-4,11,21H,5-10,12H2,1H3. The highest BCUT2D eigenvalue weighted by atomic mass is 35.5. The van der Waals surface area contributed by atoms with Crippen LogP contribution in [0.2, 0.25) is 5.02 Å². The van der Waals surface area contributed by atoms with Gasteiger partial charge in [0, 0.05) is 30.1 Å². The molecule has 1 unspecified atom stereocenters. The molecule has 3 rings (SSSR count). The Labute approximate surface area is 136 Å². The lowest BCUT2D eigenvalue weighted by Crippen LogP contribution is -2.54. The monoisotopic (exact) mass is 323 g/mol. The highest BCUT2D eigenvalue weighted by molar-refractivity contribution is 6.30. The highest BCUT2D eigenvalue weighted by Crippen LogP contribution is 2.39. The van der Waals surface area contributed by atoms with Gasteiger partial charge in [0.25, 0.3) is 5.91 Å². The Morgan fingerprint density at radius 3 is 2.68 bits per heavy atom. The van der Waals surface area contributed by atoms with Crippen LogP contribution in [0.5, 0.6) is 0 Å². The largest absolute Gasteiger partial charge is 0.390 e. The molecule has 2 aliphatic rings. The van der Waals surface area contributed by atoms with Crippen LogP contribution in [0.1, 0.15) is 43.0 Å². The fraction of sp³-hybridized carbons (Fsp3) is 0.588. The van der Waals surface area contributed by atoms with Gasteiger partial charge in [0.2, 0.25) is 0 Å². The van der Waals surface area contributed by atoms with Crippen LogP contribution in [0.25, 0.3) is 0 Å². The van der Waals surface area contributed by atoms with Crippen molar-refractivity contribution in [2.75, 3.05) is 19.7 Å². The van der Waals surface area contributed by atoms with Crippen molar-refractivity contribution < 1.29 is 14.6 Å². The summed E-state index contributed by atoms with van der Waals surface area (Å²) in [6, 6.07) is 7.06. The van der Waals surface area contributed by atoms with Crippen LogP contribution in [0.4, 0.5) is 0 Å². The number of hydrogen-bond acceptors (Lipinski definition) is 3. The van der Waals surface area contributed by atoms with Crippen LogP contribution in [0, 0.1) is 0 Å². The molecule has 5 heteroatoms. The molecule has 0 bridgehead atoms. The summed E-state index contributed by atoms with van der Waals surface area (Å²) < 4.78 is 5.98. The van der Waals surface area contributed by atoms with E-state index in [1.54, 1.807) is 24.3 Å². The van der Waals surface area contributed by atoms with E-state index in [0.29, 0.717) is 43.1 Å². The lowest BCUT2D eigenvalue weighted by molar-refractivity contribution is -0.170. The van der Waals surface area contributed by atoms with E-state index in [2.05, 4.69) is 0 Å². The Hall–Kier alpha value is -1.10. The third-order valence-electron chi connectivity index (χ3n) is 4.79. The molecule has 2 aliphatic heterocycles. The summed E-state index contributed by atoms with van der Waals surface area (Å²) in [5.74, 6) is 0.0138. The van der Waals surface area contributed by atoms with Crippen molar-refractivity contribution in [1.82, 2.24) is 4.90 Å². The predicted octanol–water partition coefficient (Wildman–Crippen LogP) is 2.88. The van der Waals surface area contributed by atoms with Crippen molar-refractivity contribution in [3.05, 3.63) is 34.9 Å². The van der Waals surface area contributed by atoms with Crippen molar-refractivity contribution in [3.8, 4) is 0 Å². The number of amides is 1. The van der Waals surface area contributed by atoms with Crippen LogP contribution in [0.15, 0.2) is 24.3 Å². The Kier molecular flexibility index (Phi) is 4.19. The first-order valence-electron chi connectivity index (χ1n) is 7.80. The zero-order chi connectivity index (χ0) is 15.8. The number of piperidine rings is 1. The van der Waals surface area contributed by atoms with E-state index in [1.807, 2.05) is 11.8 Å². The summed E-state index contributed by atoms with van der Waals surface area (Å²) in [6.07, 6.45) is 2.88. The number of halogens is 1. The van der Waals surface area contributed by atoms with Crippen molar-refractivity contribution in [3.63, 3.8) is 0 Å². The molecule has 2 saturated heterocycles. The van der Waals surface area contributed by atoms with Crippen molar-refractivity contribution in [2.45, 2.75) is 43.8 Å². The van der Waals surface area contributed by atoms with Crippen LogP contribution < -0.4 is 0 Å². The minimum Gasteiger partial charge on any atom is -0.390 e. The summed E-state index contributed by atoms with van der Waals surface area (Å²) in [6.45, 7) is 3.78. The van der Waals surface area contributed by atoms with Gasteiger partial charge >= 0.3 is 0 Å². The second kappa shape index (κ2) is 5.84. The third kappa shape index (κ3) is 3.29. The zero-order valence-electron chi connectivity index (χ0n) is 12.8. The molecular weight excluding hydrogens is 302 g/mol. The molecule has 2 fully saturated rings. The lowest BCUT2D eigenvalue weighted by Gasteiger charge is -2.48. The van der Waals surface area contributed by atoms with E-state index in [0.717, 1.165) is 12.8 Å². The van der Waals surface area contributed by atoms with Crippen LogP contribution >= 0.6 is 11.6 Å². The van der Waals surface area contributed by atoms with Gasteiger partial charge in [-0.05, 0) is 44.4 Å². The number of hydrogen-bond donors (Lipinski definition) is 1.